The van der Waals surface area contributed by atoms with Gasteiger partial charge in [0.15, 0.2) is 5.13 Å². The highest BCUT2D eigenvalue weighted by molar-refractivity contribution is 7.16. The van der Waals surface area contributed by atoms with Gasteiger partial charge in [0.25, 0.3) is 5.91 Å². The first-order valence-corrected chi connectivity index (χ1v) is 10.3. The van der Waals surface area contributed by atoms with E-state index in [-0.39, 0.29) is 17.8 Å². The quantitative estimate of drug-likeness (QED) is 0.671. The van der Waals surface area contributed by atoms with Crippen LogP contribution in [0, 0.1) is 6.92 Å². The first-order chi connectivity index (χ1) is 13.6. The number of anilines is 1. The molecule has 0 radical (unpaired) electrons. The zero-order valence-corrected chi connectivity index (χ0v) is 16.7. The number of fused-ring (bicyclic) bond motifs is 3. The lowest BCUT2D eigenvalue weighted by molar-refractivity contribution is 0.0887. The smallest absolute Gasteiger partial charge is 0.298 e. The van der Waals surface area contributed by atoms with E-state index in [2.05, 4.69) is 10.3 Å². The molecule has 0 bridgehead atoms. The van der Waals surface area contributed by atoms with E-state index in [1.54, 1.807) is 29.2 Å². The van der Waals surface area contributed by atoms with Crippen molar-refractivity contribution < 1.29 is 14.1 Å². The summed E-state index contributed by atoms with van der Waals surface area (Å²) >= 11 is 1.57. The van der Waals surface area contributed by atoms with Crippen LogP contribution in [0.5, 0.6) is 0 Å². The molecule has 1 amide bonds. The number of aromatic nitrogens is 4. The molecule has 146 valence electrons. The molecular formula is C19H21N5O3S. The first kappa shape index (κ1) is 17.6. The minimum atomic E-state index is -0.228. The van der Waals surface area contributed by atoms with E-state index >= 15 is 0 Å². The van der Waals surface area contributed by atoms with Crippen molar-refractivity contribution in [3.8, 4) is 11.3 Å². The topological polar surface area (TPSA) is 86.3 Å². The number of nitrogens with zero attached hydrogens (tertiary/aromatic N) is 5. The van der Waals surface area contributed by atoms with Crippen molar-refractivity contribution in [2.24, 2.45) is 7.05 Å². The molecule has 3 aromatic heterocycles. The van der Waals surface area contributed by atoms with Crippen LogP contribution in [-0.2, 0) is 24.6 Å². The molecule has 5 rings (SSSR count). The minimum absolute atomic E-state index is 0.0165. The maximum Gasteiger partial charge on any atom is 0.298 e. The summed E-state index contributed by atoms with van der Waals surface area (Å²) in [5, 5.41) is 8.92. The summed E-state index contributed by atoms with van der Waals surface area (Å²) in [7, 11) is 1.95. The number of hydrogen-bond donors (Lipinski definition) is 0. The summed E-state index contributed by atoms with van der Waals surface area (Å²) in [5.41, 5.74) is 3.87. The molecule has 0 saturated carbocycles. The Morgan fingerprint density at radius 3 is 3.07 bits per heavy atom. The van der Waals surface area contributed by atoms with Gasteiger partial charge in [-0.3, -0.25) is 14.4 Å². The molecule has 1 aliphatic carbocycles. The van der Waals surface area contributed by atoms with Gasteiger partial charge in [-0.15, -0.1) is 11.3 Å². The van der Waals surface area contributed by atoms with Crippen molar-refractivity contribution in [2.45, 2.75) is 38.7 Å². The molecule has 9 heteroatoms. The van der Waals surface area contributed by atoms with Crippen molar-refractivity contribution in [3.63, 3.8) is 0 Å². The Hall–Kier alpha value is -2.52. The van der Waals surface area contributed by atoms with Crippen LogP contribution in [0.4, 0.5) is 5.13 Å². The van der Waals surface area contributed by atoms with Crippen molar-refractivity contribution in [2.75, 3.05) is 18.1 Å². The third-order valence-electron chi connectivity index (χ3n) is 5.32. The highest BCUT2D eigenvalue weighted by atomic mass is 32.1. The zero-order chi connectivity index (χ0) is 19.3. The molecule has 0 N–H and O–H groups in total. The lowest BCUT2D eigenvalue weighted by atomic mass is 10.0. The Morgan fingerprint density at radius 1 is 1.43 bits per heavy atom. The Balaban J connectivity index is 1.52. The molecule has 8 nitrogen and oxygen atoms in total. The Kier molecular flexibility index (Phi) is 4.28. The van der Waals surface area contributed by atoms with E-state index in [0.29, 0.717) is 17.4 Å². The van der Waals surface area contributed by atoms with Gasteiger partial charge in [0.2, 0.25) is 5.76 Å². The molecule has 1 aliphatic heterocycles. The molecule has 0 spiro atoms. The Labute approximate surface area is 166 Å². The van der Waals surface area contributed by atoms with Gasteiger partial charge in [0.05, 0.1) is 30.2 Å². The number of ether oxygens (including phenoxy) is 1. The standard InChI is InChI=1S/C19H21N5O3S/c1-11-8-15(27-22-11)18(25)24(10-12-4-3-7-26-12)19-21-17-13-9-20-23(2)14(13)5-6-16(17)28-19/h8-9,12H,3-7,10H2,1-2H3. The number of rotatable bonds is 4. The fourth-order valence-electron chi connectivity index (χ4n) is 3.86. The molecule has 1 unspecified atom stereocenters. The lowest BCUT2D eigenvalue weighted by Crippen LogP contribution is -2.37. The van der Waals surface area contributed by atoms with Crippen LogP contribution in [-0.4, -0.2) is 45.1 Å². The number of aryl methyl sites for hydroxylation is 3. The molecule has 3 aromatic rings. The van der Waals surface area contributed by atoms with Gasteiger partial charge in [-0.05, 0) is 32.6 Å². The van der Waals surface area contributed by atoms with Crippen LogP contribution < -0.4 is 4.90 Å². The maximum absolute atomic E-state index is 13.2. The molecule has 1 atom stereocenters. The van der Waals surface area contributed by atoms with E-state index in [4.69, 9.17) is 14.2 Å². The fraction of sp³-hybridized carbons (Fsp3) is 0.474. The first-order valence-electron chi connectivity index (χ1n) is 9.48. The number of amides is 1. The van der Waals surface area contributed by atoms with E-state index in [1.807, 2.05) is 17.9 Å². The SMILES string of the molecule is Cc1cc(C(=O)N(CC2CCCO2)c2nc3c(s2)CCc2c-3cnn2C)on1. The second-order valence-corrected chi connectivity index (χ2v) is 8.34. The number of thiazole rings is 1. The monoisotopic (exact) mass is 399 g/mol. The largest absolute Gasteiger partial charge is 0.376 e. The second kappa shape index (κ2) is 6.82. The molecular weight excluding hydrogens is 378 g/mol. The summed E-state index contributed by atoms with van der Waals surface area (Å²) in [6.07, 6.45) is 5.68. The number of carbonyl (C=O) groups is 1. The molecule has 1 saturated heterocycles. The van der Waals surface area contributed by atoms with E-state index < -0.39 is 0 Å². The maximum atomic E-state index is 13.2. The van der Waals surface area contributed by atoms with Crippen LogP contribution in [0.2, 0.25) is 0 Å². The Morgan fingerprint density at radius 2 is 2.32 bits per heavy atom. The van der Waals surface area contributed by atoms with Gasteiger partial charge in [-0.1, -0.05) is 5.16 Å². The third-order valence-corrected chi connectivity index (χ3v) is 6.45. The van der Waals surface area contributed by atoms with Gasteiger partial charge < -0.3 is 9.26 Å². The summed E-state index contributed by atoms with van der Waals surface area (Å²) < 4.78 is 12.9. The summed E-state index contributed by atoms with van der Waals surface area (Å²) in [5.74, 6) is -0.000609. The predicted octanol–water partition coefficient (Wildman–Crippen LogP) is 2.76. The van der Waals surface area contributed by atoms with Crippen LogP contribution >= 0.6 is 11.3 Å². The summed E-state index contributed by atoms with van der Waals surface area (Å²) in [6, 6.07) is 1.66. The average molecular weight is 399 g/mol. The van der Waals surface area contributed by atoms with Crippen LogP contribution in [0.3, 0.4) is 0 Å². The number of carbonyl (C=O) groups excluding carboxylic acids is 1. The van der Waals surface area contributed by atoms with Gasteiger partial charge in [0, 0.05) is 35.9 Å². The summed E-state index contributed by atoms with van der Waals surface area (Å²) in [4.78, 5) is 20.9. The van der Waals surface area contributed by atoms with Crippen molar-refractivity contribution in [1.82, 2.24) is 19.9 Å². The average Bonchev–Trinajstić information content (AvgIpc) is 3.46. The predicted molar refractivity (Wildman–Crippen MR) is 104 cm³/mol. The molecule has 4 heterocycles. The third kappa shape index (κ3) is 2.94. The normalized spacial score (nSPS) is 18.1. The van der Waals surface area contributed by atoms with Crippen molar-refractivity contribution >= 4 is 22.4 Å². The van der Waals surface area contributed by atoms with Crippen molar-refractivity contribution in [3.05, 3.63) is 34.3 Å². The van der Waals surface area contributed by atoms with E-state index in [1.165, 1.54) is 10.6 Å². The van der Waals surface area contributed by atoms with Gasteiger partial charge in [0.1, 0.15) is 0 Å². The van der Waals surface area contributed by atoms with Gasteiger partial charge in [-0.25, -0.2) is 4.98 Å². The highest BCUT2D eigenvalue weighted by Gasteiger charge is 2.31. The molecule has 1 fully saturated rings. The van der Waals surface area contributed by atoms with Crippen molar-refractivity contribution in [1.29, 1.82) is 0 Å². The fourth-order valence-corrected chi connectivity index (χ4v) is 4.94. The Bertz CT molecular complexity index is 1030. The van der Waals surface area contributed by atoms with E-state index in [0.717, 1.165) is 43.5 Å². The van der Waals surface area contributed by atoms with Crippen LogP contribution in [0.25, 0.3) is 11.3 Å². The zero-order valence-electron chi connectivity index (χ0n) is 15.8. The van der Waals surface area contributed by atoms with E-state index in [9.17, 15) is 4.79 Å². The van der Waals surface area contributed by atoms with Crippen LogP contribution in [0.15, 0.2) is 16.8 Å². The van der Waals surface area contributed by atoms with Gasteiger partial charge in [-0.2, -0.15) is 5.10 Å². The van der Waals surface area contributed by atoms with Gasteiger partial charge >= 0.3 is 0 Å². The molecule has 2 aliphatic rings. The molecule has 28 heavy (non-hydrogen) atoms. The minimum Gasteiger partial charge on any atom is -0.376 e. The number of hydrogen-bond acceptors (Lipinski definition) is 7. The van der Waals surface area contributed by atoms with Crippen LogP contribution in [0.1, 0.15) is 39.7 Å². The highest BCUT2D eigenvalue weighted by Crippen LogP contribution is 2.39. The molecule has 0 aromatic carbocycles. The summed E-state index contributed by atoms with van der Waals surface area (Å²) in [6.45, 7) is 3.00. The lowest BCUT2D eigenvalue weighted by Gasteiger charge is -2.21. The second-order valence-electron chi connectivity index (χ2n) is 7.28.